The van der Waals surface area contributed by atoms with Crippen molar-refractivity contribution >= 4 is 36.6 Å². The molecule has 250 valence electrons. The van der Waals surface area contributed by atoms with Gasteiger partial charge in [0.25, 0.3) is 0 Å². The van der Waals surface area contributed by atoms with Gasteiger partial charge in [0.2, 0.25) is 11.8 Å². The molecule has 2 aliphatic rings. The van der Waals surface area contributed by atoms with Crippen molar-refractivity contribution in [1.29, 1.82) is 0 Å². The molecule has 2 aliphatic heterocycles. The number of hydrogen-bond acceptors (Lipinski definition) is 7. The number of piperazine rings is 1. The van der Waals surface area contributed by atoms with Crippen molar-refractivity contribution in [1.82, 2.24) is 34.9 Å². The zero-order valence-corrected chi connectivity index (χ0v) is 27.1. The molecule has 2 atom stereocenters. The van der Waals surface area contributed by atoms with Crippen LogP contribution in [-0.2, 0) is 40.7 Å². The summed E-state index contributed by atoms with van der Waals surface area (Å²) in [7, 11) is -2.92. The van der Waals surface area contributed by atoms with Gasteiger partial charge in [0.1, 0.15) is 18.0 Å². The Labute approximate surface area is 277 Å². The molecule has 0 unspecified atom stereocenters. The molecule has 4 amide bonds. The molecule has 0 bridgehead atoms. The lowest BCUT2D eigenvalue weighted by Gasteiger charge is -2.55. The second-order valence-electron chi connectivity index (χ2n) is 11.7. The van der Waals surface area contributed by atoms with Crippen molar-refractivity contribution in [3.05, 3.63) is 108 Å². The topological polar surface area (TPSA) is 161 Å². The first-order chi connectivity index (χ1) is 23.0. The molecule has 14 nitrogen and oxygen atoms in total. The minimum atomic E-state index is -4.76. The van der Waals surface area contributed by atoms with E-state index in [1.165, 1.54) is 22.0 Å². The molecular formula is C33H36N7O7P. The number of phosphoric acid groups is 1. The van der Waals surface area contributed by atoms with Crippen LogP contribution in [0, 0.1) is 0 Å². The summed E-state index contributed by atoms with van der Waals surface area (Å²) in [5.41, 5.74) is 3.30. The quantitative estimate of drug-likeness (QED) is 0.170. The maximum atomic E-state index is 14.4. The monoisotopic (exact) mass is 673 g/mol. The lowest BCUT2D eigenvalue weighted by molar-refractivity contribution is -0.189. The minimum absolute atomic E-state index is 0.0403. The van der Waals surface area contributed by atoms with Gasteiger partial charge in [-0.1, -0.05) is 60.7 Å². The Balaban J connectivity index is 1.35. The molecule has 3 N–H and O–H groups in total. The highest BCUT2D eigenvalue weighted by molar-refractivity contribution is 7.46. The first-order valence-corrected chi connectivity index (χ1v) is 16.9. The number of nitrogens with one attached hydrogen (secondary N) is 1. The smallest absolute Gasteiger partial charge is 0.404 e. The van der Waals surface area contributed by atoms with E-state index in [0.29, 0.717) is 5.56 Å². The van der Waals surface area contributed by atoms with Crippen molar-refractivity contribution in [3.8, 4) is 5.75 Å². The third-order valence-electron chi connectivity index (χ3n) is 8.48. The Morgan fingerprint density at radius 3 is 2.52 bits per heavy atom. The van der Waals surface area contributed by atoms with Crippen LogP contribution >= 0.6 is 7.82 Å². The fourth-order valence-corrected chi connectivity index (χ4v) is 6.72. The van der Waals surface area contributed by atoms with E-state index in [0.717, 1.165) is 22.0 Å². The van der Waals surface area contributed by atoms with Crippen LogP contribution in [0.1, 0.15) is 16.7 Å². The van der Waals surface area contributed by atoms with Gasteiger partial charge in [-0.25, -0.2) is 19.4 Å². The molecule has 2 fully saturated rings. The predicted molar refractivity (Wildman–Crippen MR) is 176 cm³/mol. The third kappa shape index (κ3) is 6.97. The van der Waals surface area contributed by atoms with Crippen LogP contribution < -0.4 is 9.84 Å². The van der Waals surface area contributed by atoms with Crippen LogP contribution in [-0.4, -0.2) is 89.1 Å². The van der Waals surface area contributed by atoms with E-state index in [1.54, 1.807) is 39.0 Å². The van der Waals surface area contributed by atoms with E-state index in [1.807, 2.05) is 55.6 Å². The molecule has 4 aromatic rings. The zero-order valence-electron chi connectivity index (χ0n) is 26.3. The van der Waals surface area contributed by atoms with E-state index in [2.05, 4.69) is 21.5 Å². The van der Waals surface area contributed by atoms with E-state index < -0.39 is 26.1 Å². The van der Waals surface area contributed by atoms with Gasteiger partial charge in [-0.05, 0) is 34.9 Å². The highest BCUT2D eigenvalue weighted by Crippen LogP contribution is 2.38. The second-order valence-corrected chi connectivity index (χ2v) is 12.9. The Morgan fingerprint density at radius 1 is 1.06 bits per heavy atom. The predicted octanol–water partition coefficient (Wildman–Crippen LogP) is 2.78. The van der Waals surface area contributed by atoms with E-state index in [4.69, 9.17) is 0 Å². The molecule has 0 radical (unpaired) electrons. The molecule has 15 heteroatoms. The molecule has 3 heterocycles. The third-order valence-corrected chi connectivity index (χ3v) is 8.93. The number of amides is 4. The molecule has 1 aromatic heterocycles. The molecule has 3 aromatic carbocycles. The molecule has 6 rings (SSSR count). The fraction of sp³-hybridized carbons (Fsp3) is 0.273. The number of aryl methyl sites for hydroxylation is 1. The van der Waals surface area contributed by atoms with Crippen LogP contribution in [0.3, 0.4) is 0 Å². The number of benzene rings is 3. The summed E-state index contributed by atoms with van der Waals surface area (Å²) >= 11 is 0. The van der Waals surface area contributed by atoms with Crippen LogP contribution in [0.25, 0.3) is 10.9 Å². The number of urea groups is 1. The summed E-state index contributed by atoms with van der Waals surface area (Å²) in [6.45, 7) is 4.44. The maximum absolute atomic E-state index is 14.4. The number of fused-ring (bicyclic) bond motifs is 2. The molecule has 0 spiro atoms. The second kappa shape index (κ2) is 13.6. The van der Waals surface area contributed by atoms with Gasteiger partial charge in [0, 0.05) is 38.5 Å². The van der Waals surface area contributed by atoms with Gasteiger partial charge in [0.15, 0.2) is 0 Å². The molecule has 48 heavy (non-hydrogen) atoms. The molecular weight excluding hydrogens is 637 g/mol. The Hall–Kier alpha value is -5.01. The molecule has 0 saturated carbocycles. The van der Waals surface area contributed by atoms with Gasteiger partial charge in [-0.3, -0.25) is 24.1 Å². The summed E-state index contributed by atoms with van der Waals surface area (Å²) in [6.07, 6.45) is 2.62. The first-order valence-electron chi connectivity index (χ1n) is 15.3. The van der Waals surface area contributed by atoms with Gasteiger partial charge in [-0.15, -0.1) is 6.58 Å². The number of aromatic nitrogens is 2. The number of nitrogens with zero attached hydrogens (tertiary/aromatic N) is 6. The van der Waals surface area contributed by atoms with Crippen molar-refractivity contribution in [3.63, 3.8) is 0 Å². The van der Waals surface area contributed by atoms with Crippen molar-refractivity contribution in [2.45, 2.75) is 31.7 Å². The van der Waals surface area contributed by atoms with Crippen molar-refractivity contribution < 1.29 is 33.3 Å². The van der Waals surface area contributed by atoms with Crippen molar-refractivity contribution in [2.24, 2.45) is 7.05 Å². The highest BCUT2D eigenvalue weighted by Gasteiger charge is 2.51. The summed E-state index contributed by atoms with van der Waals surface area (Å²) in [5, 5.41) is 11.4. The SMILES string of the molecule is C=CCN1CC(=O)N2[C@@H](Cc3ccc(OP(=O)(O)O)cc3)C(=O)N(Cc3cccc4c3cnn4C)C[C@@H]2N1C(=O)NCc1ccccc1. The maximum Gasteiger partial charge on any atom is 0.524 e. The standard InChI is InChI=1S/C33H36N7O7P/c1-3-16-38-22-31(41)39-29(17-23-12-14-26(15-13-23)47-48(44,45)46)32(42)37(20-25-10-7-11-28-27(25)19-35-36(28)2)21-30(39)40(38)33(43)34-18-24-8-5-4-6-9-24/h3-15,19,29-30H,1,16-18,20-22H2,2H3,(H,34,43)(H2,44,45,46)/t29-,30-/m0/s1. The normalized spacial score (nSPS) is 18.6. The largest absolute Gasteiger partial charge is 0.524 e. The summed E-state index contributed by atoms with van der Waals surface area (Å²) in [5.74, 6) is -0.651. The van der Waals surface area contributed by atoms with Gasteiger partial charge in [-0.2, -0.15) is 5.10 Å². The van der Waals surface area contributed by atoms with Crippen molar-refractivity contribution in [2.75, 3.05) is 19.6 Å². The first kappa shape index (κ1) is 32.9. The zero-order chi connectivity index (χ0) is 34.0. The number of carbonyl (C=O) groups excluding carboxylic acids is 3. The van der Waals surface area contributed by atoms with Crippen LogP contribution in [0.15, 0.2) is 91.6 Å². The van der Waals surface area contributed by atoms with Crippen LogP contribution in [0.2, 0.25) is 0 Å². The number of hydrazine groups is 1. The molecule has 0 aliphatic carbocycles. The number of hydrogen-bond donors (Lipinski definition) is 3. The van der Waals surface area contributed by atoms with Gasteiger partial charge < -0.3 is 19.6 Å². The molecule has 2 saturated heterocycles. The highest BCUT2D eigenvalue weighted by atomic mass is 31.2. The van der Waals surface area contributed by atoms with Crippen LogP contribution in [0.5, 0.6) is 5.75 Å². The number of phosphoric ester groups is 1. The lowest BCUT2D eigenvalue weighted by Crippen LogP contribution is -2.76. The van der Waals surface area contributed by atoms with E-state index in [9.17, 15) is 28.7 Å². The average Bonchev–Trinajstić information content (AvgIpc) is 3.44. The Morgan fingerprint density at radius 2 is 1.81 bits per heavy atom. The number of rotatable bonds is 10. The Kier molecular flexibility index (Phi) is 9.33. The Bertz CT molecular complexity index is 1880. The average molecular weight is 674 g/mol. The summed E-state index contributed by atoms with van der Waals surface area (Å²) in [6, 6.07) is 19.8. The van der Waals surface area contributed by atoms with E-state index in [-0.39, 0.29) is 56.7 Å². The van der Waals surface area contributed by atoms with Crippen LogP contribution in [0.4, 0.5) is 4.79 Å². The van der Waals surface area contributed by atoms with E-state index >= 15 is 0 Å². The number of carbonyl (C=O) groups is 3. The van der Waals surface area contributed by atoms with Gasteiger partial charge in [0.05, 0.1) is 24.8 Å². The lowest BCUT2D eigenvalue weighted by atomic mass is 9.98. The summed E-state index contributed by atoms with van der Waals surface area (Å²) < 4.78 is 17.8. The summed E-state index contributed by atoms with van der Waals surface area (Å²) in [4.78, 5) is 63.7. The fourth-order valence-electron chi connectivity index (χ4n) is 6.33. The van der Waals surface area contributed by atoms with Gasteiger partial charge >= 0.3 is 13.9 Å². The minimum Gasteiger partial charge on any atom is -0.404 e.